The zero-order valence-electron chi connectivity index (χ0n) is 11.5. The van der Waals surface area contributed by atoms with Crippen LogP contribution in [-0.2, 0) is 6.54 Å². The summed E-state index contributed by atoms with van der Waals surface area (Å²) in [6.07, 6.45) is 1.76. The normalized spacial score (nSPS) is 11.0. The molecule has 0 aliphatic heterocycles. The number of Topliss-reactive ketones (excluding diaryl/α,β-unsaturated/α-hetero) is 1. The Bertz CT molecular complexity index is 602. The molecular weight excluding hydrogens is 279 g/mol. The number of nitrogens with two attached hydrogens (primary N) is 1. The standard InChI is InChI=1S/C15H17FN2O.ClH/c1-15(2,17)14(19)13-8-5-9-18(13)10-11-6-3-4-7-12(11)16;/h3-9H,10,17H2,1-2H3;1H. The summed E-state index contributed by atoms with van der Waals surface area (Å²) in [6, 6.07) is 10.0. The molecule has 0 unspecified atom stereocenters. The second kappa shape index (κ2) is 6.20. The average molecular weight is 297 g/mol. The predicted molar refractivity (Wildman–Crippen MR) is 79.8 cm³/mol. The Labute approximate surface area is 124 Å². The van der Waals surface area contributed by atoms with Gasteiger partial charge in [0, 0.05) is 11.8 Å². The third-order valence-corrected chi connectivity index (χ3v) is 2.95. The quantitative estimate of drug-likeness (QED) is 0.882. The van der Waals surface area contributed by atoms with Gasteiger partial charge >= 0.3 is 0 Å². The van der Waals surface area contributed by atoms with Gasteiger partial charge in [-0.3, -0.25) is 4.79 Å². The molecule has 1 heterocycles. The Morgan fingerprint density at radius 2 is 1.90 bits per heavy atom. The molecule has 0 aliphatic rings. The van der Waals surface area contributed by atoms with Crippen molar-refractivity contribution < 1.29 is 9.18 Å². The number of hydrogen-bond donors (Lipinski definition) is 1. The van der Waals surface area contributed by atoms with Crippen LogP contribution in [0.2, 0.25) is 0 Å². The van der Waals surface area contributed by atoms with E-state index in [-0.39, 0.29) is 24.0 Å². The van der Waals surface area contributed by atoms with E-state index in [9.17, 15) is 9.18 Å². The summed E-state index contributed by atoms with van der Waals surface area (Å²) in [4.78, 5) is 12.2. The third-order valence-electron chi connectivity index (χ3n) is 2.95. The van der Waals surface area contributed by atoms with Crippen molar-refractivity contribution >= 4 is 18.2 Å². The molecule has 20 heavy (non-hydrogen) atoms. The molecule has 2 N–H and O–H groups in total. The minimum absolute atomic E-state index is 0. The van der Waals surface area contributed by atoms with Gasteiger partial charge in [0.2, 0.25) is 0 Å². The number of benzene rings is 1. The van der Waals surface area contributed by atoms with E-state index in [1.807, 2.05) is 0 Å². The number of rotatable bonds is 4. The van der Waals surface area contributed by atoms with Crippen LogP contribution in [0.5, 0.6) is 0 Å². The van der Waals surface area contributed by atoms with Gasteiger partial charge in [0.05, 0.1) is 17.8 Å². The van der Waals surface area contributed by atoms with Crippen molar-refractivity contribution in [2.24, 2.45) is 5.73 Å². The van der Waals surface area contributed by atoms with Crippen molar-refractivity contribution in [3.63, 3.8) is 0 Å². The molecule has 0 fully saturated rings. The smallest absolute Gasteiger partial charge is 0.198 e. The molecule has 0 aliphatic carbocycles. The van der Waals surface area contributed by atoms with Gasteiger partial charge < -0.3 is 10.3 Å². The summed E-state index contributed by atoms with van der Waals surface area (Å²) >= 11 is 0. The largest absolute Gasteiger partial charge is 0.341 e. The lowest BCUT2D eigenvalue weighted by molar-refractivity contribution is 0.0904. The predicted octanol–water partition coefficient (Wildman–Crippen LogP) is 3.02. The molecule has 0 amide bonds. The van der Waals surface area contributed by atoms with Crippen molar-refractivity contribution in [3.8, 4) is 0 Å². The van der Waals surface area contributed by atoms with Gasteiger partial charge in [-0.1, -0.05) is 18.2 Å². The number of ketones is 1. The maximum Gasteiger partial charge on any atom is 0.198 e. The summed E-state index contributed by atoms with van der Waals surface area (Å²) in [5, 5.41) is 0. The van der Waals surface area contributed by atoms with Crippen LogP contribution in [0.25, 0.3) is 0 Å². The number of hydrogen-bond acceptors (Lipinski definition) is 2. The van der Waals surface area contributed by atoms with Crippen LogP contribution in [0.1, 0.15) is 29.9 Å². The highest BCUT2D eigenvalue weighted by atomic mass is 35.5. The molecular formula is C15H18ClFN2O. The van der Waals surface area contributed by atoms with Crippen LogP contribution in [0.4, 0.5) is 4.39 Å². The molecule has 0 saturated heterocycles. The van der Waals surface area contributed by atoms with Crippen LogP contribution in [0.15, 0.2) is 42.6 Å². The second-order valence-electron chi connectivity index (χ2n) is 5.16. The number of carbonyl (C=O) groups is 1. The van der Waals surface area contributed by atoms with E-state index in [2.05, 4.69) is 0 Å². The summed E-state index contributed by atoms with van der Waals surface area (Å²) in [6.45, 7) is 3.64. The third kappa shape index (κ3) is 3.46. The Hall–Kier alpha value is -1.65. The van der Waals surface area contributed by atoms with E-state index in [0.717, 1.165) is 0 Å². The minimum Gasteiger partial charge on any atom is -0.341 e. The molecule has 0 spiro atoms. The van der Waals surface area contributed by atoms with Gasteiger partial charge in [-0.25, -0.2) is 4.39 Å². The van der Waals surface area contributed by atoms with E-state index in [0.29, 0.717) is 17.8 Å². The topological polar surface area (TPSA) is 48.0 Å². The van der Waals surface area contributed by atoms with Gasteiger partial charge in [0.25, 0.3) is 0 Å². The first-order chi connectivity index (χ1) is 8.89. The van der Waals surface area contributed by atoms with Crippen LogP contribution in [-0.4, -0.2) is 15.9 Å². The van der Waals surface area contributed by atoms with Crippen LogP contribution in [0, 0.1) is 5.82 Å². The minimum atomic E-state index is -0.939. The lowest BCUT2D eigenvalue weighted by Crippen LogP contribution is -2.42. The average Bonchev–Trinajstić information content (AvgIpc) is 2.78. The fourth-order valence-electron chi connectivity index (χ4n) is 1.90. The first kappa shape index (κ1) is 16.4. The summed E-state index contributed by atoms with van der Waals surface area (Å²) in [5.74, 6) is -0.435. The Balaban J connectivity index is 0.00000200. The summed E-state index contributed by atoms with van der Waals surface area (Å²) in [7, 11) is 0. The van der Waals surface area contributed by atoms with E-state index < -0.39 is 5.54 Å². The highest BCUT2D eigenvalue weighted by Gasteiger charge is 2.25. The molecule has 108 valence electrons. The van der Waals surface area contributed by atoms with Crippen LogP contribution >= 0.6 is 12.4 Å². The fourth-order valence-corrected chi connectivity index (χ4v) is 1.90. The van der Waals surface area contributed by atoms with Crippen molar-refractivity contribution in [2.75, 3.05) is 0 Å². The monoisotopic (exact) mass is 296 g/mol. The lowest BCUT2D eigenvalue weighted by Gasteiger charge is -2.18. The van der Waals surface area contributed by atoms with Crippen molar-refractivity contribution in [2.45, 2.75) is 25.9 Å². The van der Waals surface area contributed by atoms with E-state index in [4.69, 9.17) is 5.73 Å². The Kier molecular flexibility index (Phi) is 5.09. The summed E-state index contributed by atoms with van der Waals surface area (Å²) < 4.78 is 15.3. The lowest BCUT2D eigenvalue weighted by atomic mass is 9.98. The maximum absolute atomic E-state index is 13.6. The highest BCUT2D eigenvalue weighted by Crippen LogP contribution is 2.15. The van der Waals surface area contributed by atoms with Gasteiger partial charge in [0.15, 0.2) is 5.78 Å². The van der Waals surface area contributed by atoms with Gasteiger partial charge in [-0.2, -0.15) is 0 Å². The SMILES string of the molecule is CC(C)(N)C(=O)c1cccn1Cc1ccccc1F.Cl. The summed E-state index contributed by atoms with van der Waals surface area (Å²) in [5.41, 5.74) is 5.93. The Morgan fingerprint density at radius 1 is 1.25 bits per heavy atom. The zero-order valence-corrected chi connectivity index (χ0v) is 12.3. The number of aromatic nitrogens is 1. The van der Waals surface area contributed by atoms with E-state index in [1.54, 1.807) is 54.9 Å². The molecule has 0 bridgehead atoms. The molecule has 2 rings (SSSR count). The molecule has 1 aromatic carbocycles. The molecule has 0 atom stereocenters. The van der Waals surface area contributed by atoms with Gasteiger partial charge in [-0.15, -0.1) is 12.4 Å². The zero-order chi connectivity index (χ0) is 14.0. The first-order valence-electron chi connectivity index (χ1n) is 6.12. The van der Waals surface area contributed by atoms with E-state index >= 15 is 0 Å². The fraction of sp³-hybridized carbons (Fsp3) is 0.267. The van der Waals surface area contributed by atoms with Gasteiger partial charge in [-0.05, 0) is 32.0 Å². The molecule has 1 aromatic heterocycles. The van der Waals surface area contributed by atoms with Gasteiger partial charge in [0.1, 0.15) is 5.82 Å². The Morgan fingerprint density at radius 3 is 2.50 bits per heavy atom. The number of carbonyl (C=O) groups excluding carboxylic acids is 1. The van der Waals surface area contributed by atoms with Crippen molar-refractivity contribution in [1.29, 1.82) is 0 Å². The van der Waals surface area contributed by atoms with Crippen molar-refractivity contribution in [1.82, 2.24) is 4.57 Å². The second-order valence-corrected chi connectivity index (χ2v) is 5.16. The number of halogens is 2. The molecule has 3 nitrogen and oxygen atoms in total. The molecule has 0 radical (unpaired) electrons. The first-order valence-corrected chi connectivity index (χ1v) is 6.12. The molecule has 5 heteroatoms. The molecule has 2 aromatic rings. The van der Waals surface area contributed by atoms with E-state index in [1.165, 1.54) is 6.07 Å². The number of nitrogens with zero attached hydrogens (tertiary/aromatic N) is 1. The molecule has 0 saturated carbocycles. The maximum atomic E-state index is 13.6. The highest BCUT2D eigenvalue weighted by molar-refractivity contribution is 6.01. The van der Waals surface area contributed by atoms with Crippen LogP contribution in [0.3, 0.4) is 0 Å². The van der Waals surface area contributed by atoms with Crippen molar-refractivity contribution in [3.05, 3.63) is 59.7 Å². The van der Waals surface area contributed by atoms with Crippen LogP contribution < -0.4 is 5.73 Å².